The van der Waals surface area contributed by atoms with Gasteiger partial charge < -0.3 is 9.73 Å². The van der Waals surface area contributed by atoms with E-state index in [0.29, 0.717) is 17.5 Å². The number of halogens is 3. The zero-order chi connectivity index (χ0) is 13.2. The number of amides is 1. The van der Waals surface area contributed by atoms with Crippen molar-refractivity contribution in [2.24, 2.45) is 0 Å². The third-order valence-electron chi connectivity index (χ3n) is 2.35. The Kier molecular flexibility index (Phi) is 3.22. The lowest BCUT2D eigenvalue weighted by molar-refractivity contribution is -0.173. The van der Waals surface area contributed by atoms with Crippen LogP contribution in [0.5, 0.6) is 0 Å². The average molecular weight is 258 g/mol. The number of benzene rings is 1. The maximum atomic E-state index is 11.9. The number of alkyl halides is 3. The van der Waals surface area contributed by atoms with Crippen LogP contribution < -0.4 is 5.32 Å². The van der Waals surface area contributed by atoms with Gasteiger partial charge in [-0.25, -0.2) is 4.98 Å². The Hall–Kier alpha value is -2.05. The molecule has 0 atom stereocenters. The van der Waals surface area contributed by atoms with Crippen LogP contribution in [0.2, 0.25) is 0 Å². The first-order valence-corrected chi connectivity index (χ1v) is 5.14. The predicted octanol–water partition coefficient (Wildman–Crippen LogP) is 2.05. The molecular weight excluding hydrogens is 249 g/mol. The van der Waals surface area contributed by atoms with Crippen molar-refractivity contribution >= 4 is 17.0 Å². The van der Waals surface area contributed by atoms with Crippen LogP contribution in [0.3, 0.4) is 0 Å². The first-order chi connectivity index (χ1) is 8.47. The standard InChI is InChI=1S/C11H9F3N2O2/c12-11(13,14)10(17)15-4-3-7-1-2-8-9(5-7)18-6-16-8/h1-2,5-6H,3-4H2,(H,15,17). The Labute approximate surface area is 99.8 Å². The molecule has 2 rings (SSSR count). The summed E-state index contributed by atoms with van der Waals surface area (Å²) in [5, 5.41) is 1.80. The number of hydrogen-bond acceptors (Lipinski definition) is 3. The molecule has 0 aliphatic heterocycles. The molecule has 4 nitrogen and oxygen atoms in total. The minimum atomic E-state index is -4.84. The molecule has 0 fully saturated rings. The number of carbonyl (C=O) groups excluding carboxylic acids is 1. The van der Waals surface area contributed by atoms with E-state index in [4.69, 9.17) is 4.42 Å². The van der Waals surface area contributed by atoms with Crippen LogP contribution in [0.4, 0.5) is 13.2 Å². The first kappa shape index (κ1) is 12.4. The molecule has 0 spiro atoms. The summed E-state index contributed by atoms with van der Waals surface area (Å²) < 4.78 is 40.8. The number of aromatic nitrogens is 1. The zero-order valence-corrected chi connectivity index (χ0v) is 9.12. The van der Waals surface area contributed by atoms with E-state index < -0.39 is 12.1 Å². The number of rotatable bonds is 3. The maximum absolute atomic E-state index is 11.9. The molecule has 0 radical (unpaired) electrons. The molecule has 0 aliphatic rings. The molecule has 0 bridgehead atoms. The number of fused-ring (bicyclic) bond motifs is 1. The van der Waals surface area contributed by atoms with Crippen LogP contribution in [0.15, 0.2) is 29.0 Å². The second kappa shape index (κ2) is 4.67. The highest BCUT2D eigenvalue weighted by molar-refractivity contribution is 5.81. The van der Waals surface area contributed by atoms with Gasteiger partial charge in [0.15, 0.2) is 12.0 Å². The lowest BCUT2D eigenvalue weighted by Gasteiger charge is -2.07. The van der Waals surface area contributed by atoms with E-state index in [1.54, 1.807) is 23.5 Å². The lowest BCUT2D eigenvalue weighted by Crippen LogP contribution is -2.37. The van der Waals surface area contributed by atoms with E-state index in [2.05, 4.69) is 4.98 Å². The molecule has 0 unspecified atom stereocenters. The fraction of sp³-hybridized carbons (Fsp3) is 0.273. The first-order valence-electron chi connectivity index (χ1n) is 5.14. The summed E-state index contributed by atoms with van der Waals surface area (Å²) in [5.41, 5.74) is 2.01. The van der Waals surface area contributed by atoms with Crippen LogP contribution in [0.25, 0.3) is 11.1 Å². The van der Waals surface area contributed by atoms with E-state index in [9.17, 15) is 18.0 Å². The second-order valence-electron chi connectivity index (χ2n) is 3.66. The number of nitrogens with zero attached hydrogens (tertiary/aromatic N) is 1. The van der Waals surface area contributed by atoms with Crippen molar-refractivity contribution in [1.82, 2.24) is 10.3 Å². The van der Waals surface area contributed by atoms with Crippen molar-refractivity contribution < 1.29 is 22.4 Å². The minimum absolute atomic E-state index is 0.0853. The highest BCUT2D eigenvalue weighted by atomic mass is 19.4. The Bertz CT molecular complexity index is 563. The van der Waals surface area contributed by atoms with Crippen LogP contribution >= 0.6 is 0 Å². The van der Waals surface area contributed by atoms with Crippen molar-refractivity contribution in [3.05, 3.63) is 30.2 Å². The number of carbonyl (C=O) groups is 1. The minimum Gasteiger partial charge on any atom is -0.443 e. The molecule has 1 N–H and O–H groups in total. The van der Waals surface area contributed by atoms with Crippen molar-refractivity contribution in [3.8, 4) is 0 Å². The van der Waals surface area contributed by atoms with Crippen molar-refractivity contribution in [2.75, 3.05) is 6.54 Å². The lowest BCUT2D eigenvalue weighted by atomic mass is 10.1. The van der Waals surface area contributed by atoms with Gasteiger partial charge in [0.2, 0.25) is 0 Å². The van der Waals surface area contributed by atoms with E-state index in [-0.39, 0.29) is 6.54 Å². The largest absolute Gasteiger partial charge is 0.471 e. The highest BCUT2D eigenvalue weighted by Crippen LogP contribution is 2.15. The Balaban J connectivity index is 1.92. The Morgan fingerprint density at radius 3 is 2.89 bits per heavy atom. The molecule has 0 saturated heterocycles. The van der Waals surface area contributed by atoms with Gasteiger partial charge in [-0.2, -0.15) is 13.2 Å². The number of hydrogen-bond donors (Lipinski definition) is 1. The summed E-state index contributed by atoms with van der Waals surface area (Å²) in [6.07, 6.45) is -3.26. The summed E-state index contributed by atoms with van der Waals surface area (Å²) in [5.74, 6) is -1.93. The van der Waals surface area contributed by atoms with Gasteiger partial charge in [-0.15, -0.1) is 0 Å². The van der Waals surface area contributed by atoms with E-state index >= 15 is 0 Å². The molecular formula is C11H9F3N2O2. The third kappa shape index (κ3) is 2.79. The smallest absolute Gasteiger partial charge is 0.443 e. The molecule has 1 heterocycles. The molecule has 1 amide bonds. The Morgan fingerprint density at radius 1 is 1.39 bits per heavy atom. The maximum Gasteiger partial charge on any atom is 0.471 e. The molecule has 0 aliphatic carbocycles. The molecule has 7 heteroatoms. The van der Waals surface area contributed by atoms with Crippen LogP contribution in [0, 0.1) is 0 Å². The topological polar surface area (TPSA) is 55.1 Å². The monoisotopic (exact) mass is 258 g/mol. The van der Waals surface area contributed by atoms with Gasteiger partial charge in [0.1, 0.15) is 5.52 Å². The van der Waals surface area contributed by atoms with Gasteiger partial charge in [0, 0.05) is 6.54 Å². The summed E-state index contributed by atoms with van der Waals surface area (Å²) in [7, 11) is 0. The number of nitrogens with one attached hydrogen (secondary N) is 1. The molecule has 96 valence electrons. The highest BCUT2D eigenvalue weighted by Gasteiger charge is 2.38. The Morgan fingerprint density at radius 2 is 2.17 bits per heavy atom. The van der Waals surface area contributed by atoms with Crippen LogP contribution in [-0.2, 0) is 11.2 Å². The van der Waals surface area contributed by atoms with E-state index in [1.807, 2.05) is 0 Å². The van der Waals surface area contributed by atoms with Crippen molar-refractivity contribution in [2.45, 2.75) is 12.6 Å². The summed E-state index contributed by atoms with van der Waals surface area (Å²) in [4.78, 5) is 14.5. The summed E-state index contributed by atoms with van der Waals surface area (Å²) >= 11 is 0. The van der Waals surface area contributed by atoms with Crippen LogP contribution in [-0.4, -0.2) is 23.6 Å². The zero-order valence-electron chi connectivity index (χ0n) is 9.12. The third-order valence-corrected chi connectivity index (χ3v) is 2.35. The second-order valence-corrected chi connectivity index (χ2v) is 3.66. The summed E-state index contributed by atoms with van der Waals surface area (Å²) in [6, 6.07) is 5.12. The van der Waals surface area contributed by atoms with Gasteiger partial charge in [0.25, 0.3) is 0 Å². The van der Waals surface area contributed by atoms with Crippen molar-refractivity contribution in [3.63, 3.8) is 0 Å². The number of oxazole rings is 1. The fourth-order valence-corrected chi connectivity index (χ4v) is 1.48. The van der Waals surface area contributed by atoms with Gasteiger partial charge in [-0.05, 0) is 24.1 Å². The van der Waals surface area contributed by atoms with Crippen molar-refractivity contribution in [1.29, 1.82) is 0 Å². The van der Waals surface area contributed by atoms with E-state index in [0.717, 1.165) is 5.56 Å². The van der Waals surface area contributed by atoms with Gasteiger partial charge in [0.05, 0.1) is 0 Å². The average Bonchev–Trinajstić information content (AvgIpc) is 2.74. The SMILES string of the molecule is O=C(NCCc1ccc2ncoc2c1)C(F)(F)F. The van der Waals surface area contributed by atoms with Crippen LogP contribution in [0.1, 0.15) is 5.56 Å². The van der Waals surface area contributed by atoms with Gasteiger partial charge in [-0.3, -0.25) is 4.79 Å². The molecule has 18 heavy (non-hydrogen) atoms. The predicted molar refractivity (Wildman–Crippen MR) is 56.8 cm³/mol. The fourth-order valence-electron chi connectivity index (χ4n) is 1.48. The normalized spacial score (nSPS) is 11.7. The quantitative estimate of drug-likeness (QED) is 0.916. The summed E-state index contributed by atoms with van der Waals surface area (Å²) in [6.45, 7) is -0.0853. The van der Waals surface area contributed by atoms with E-state index in [1.165, 1.54) is 6.39 Å². The molecule has 1 aromatic carbocycles. The molecule has 2 aromatic rings. The van der Waals surface area contributed by atoms with Gasteiger partial charge >= 0.3 is 12.1 Å². The molecule has 1 aromatic heterocycles. The molecule has 0 saturated carbocycles. The van der Waals surface area contributed by atoms with Gasteiger partial charge in [-0.1, -0.05) is 6.07 Å².